The maximum Gasteiger partial charge on any atom is 0.242 e. The minimum Gasteiger partial charge on any atom is -0.347 e. The molecule has 24 heavy (non-hydrogen) atoms. The number of hydrogen-bond acceptors (Lipinski definition) is 3. The molecular formula is C19H29N3O2. The van der Waals surface area contributed by atoms with Crippen LogP contribution in [0.15, 0.2) is 30.3 Å². The third kappa shape index (κ3) is 5.96. The zero-order valence-corrected chi connectivity index (χ0v) is 14.8. The Hall–Kier alpha value is -1.88. The fraction of sp³-hybridized carbons (Fsp3) is 0.579. The van der Waals surface area contributed by atoms with E-state index in [1.165, 1.54) is 0 Å². The van der Waals surface area contributed by atoms with Crippen molar-refractivity contribution < 1.29 is 9.59 Å². The van der Waals surface area contributed by atoms with Crippen LogP contribution < -0.4 is 10.6 Å². The normalized spacial score (nSPS) is 16.4. The summed E-state index contributed by atoms with van der Waals surface area (Å²) < 4.78 is 0. The van der Waals surface area contributed by atoms with Gasteiger partial charge in [-0.15, -0.1) is 0 Å². The van der Waals surface area contributed by atoms with Crippen LogP contribution in [0.2, 0.25) is 0 Å². The lowest BCUT2D eigenvalue weighted by molar-refractivity contribution is -0.132. The van der Waals surface area contributed by atoms with Crippen LogP contribution >= 0.6 is 0 Å². The summed E-state index contributed by atoms with van der Waals surface area (Å²) in [6, 6.07) is 9.84. The highest BCUT2D eigenvalue weighted by Gasteiger charge is 2.22. The number of likely N-dealkylation sites (N-methyl/N-ethyl adjacent to an activating group) is 1. The first-order chi connectivity index (χ1) is 11.6. The molecule has 1 aromatic carbocycles. The molecule has 1 unspecified atom stereocenters. The summed E-state index contributed by atoms with van der Waals surface area (Å²) >= 11 is 0. The Labute approximate surface area is 144 Å². The van der Waals surface area contributed by atoms with Crippen molar-refractivity contribution in [3.8, 4) is 0 Å². The number of nitrogens with one attached hydrogen (secondary N) is 2. The van der Waals surface area contributed by atoms with Gasteiger partial charge in [0.1, 0.15) is 0 Å². The predicted octanol–water partition coefficient (Wildman–Crippen LogP) is 1.79. The summed E-state index contributed by atoms with van der Waals surface area (Å²) in [5.74, 6) is 0.877. The Morgan fingerprint density at radius 1 is 1.25 bits per heavy atom. The number of hydrogen-bond donors (Lipinski definition) is 2. The van der Waals surface area contributed by atoms with Gasteiger partial charge in [-0.2, -0.15) is 0 Å². The topological polar surface area (TPSA) is 61.4 Å². The first-order valence-corrected chi connectivity index (χ1v) is 8.81. The fourth-order valence-corrected chi connectivity index (χ4v) is 3.20. The van der Waals surface area contributed by atoms with Gasteiger partial charge in [-0.25, -0.2) is 0 Å². The van der Waals surface area contributed by atoms with Gasteiger partial charge in [-0.1, -0.05) is 37.3 Å². The molecule has 2 amide bonds. The van der Waals surface area contributed by atoms with Crippen LogP contribution in [0.4, 0.5) is 0 Å². The summed E-state index contributed by atoms with van der Waals surface area (Å²) in [6.07, 6.45) is 2.76. The Morgan fingerprint density at radius 3 is 2.58 bits per heavy atom. The van der Waals surface area contributed by atoms with Gasteiger partial charge >= 0.3 is 0 Å². The second-order valence-electron chi connectivity index (χ2n) is 6.78. The smallest absolute Gasteiger partial charge is 0.242 e. The van der Waals surface area contributed by atoms with Crippen LogP contribution in [0.1, 0.15) is 31.7 Å². The number of nitrogens with zero attached hydrogens (tertiary/aromatic N) is 1. The van der Waals surface area contributed by atoms with Crippen LogP contribution in [-0.2, 0) is 16.1 Å². The summed E-state index contributed by atoms with van der Waals surface area (Å²) in [6.45, 7) is 4.85. The second kappa shape index (κ2) is 9.42. The molecule has 132 valence electrons. The third-order valence-electron chi connectivity index (χ3n) is 4.82. The molecule has 0 radical (unpaired) electrons. The maximum atomic E-state index is 12.1. The van der Waals surface area contributed by atoms with Crippen LogP contribution in [0.5, 0.6) is 0 Å². The van der Waals surface area contributed by atoms with E-state index in [1.54, 1.807) is 11.9 Å². The van der Waals surface area contributed by atoms with E-state index in [-0.39, 0.29) is 18.4 Å². The third-order valence-corrected chi connectivity index (χ3v) is 4.82. The van der Waals surface area contributed by atoms with Crippen LogP contribution in [0, 0.1) is 11.8 Å². The lowest BCUT2D eigenvalue weighted by atomic mass is 9.84. The number of carbonyl (C=O) groups excluding carboxylic acids is 2. The van der Waals surface area contributed by atoms with Crippen molar-refractivity contribution in [3.63, 3.8) is 0 Å². The van der Waals surface area contributed by atoms with E-state index in [9.17, 15) is 9.59 Å². The molecule has 1 aliphatic heterocycles. The van der Waals surface area contributed by atoms with Crippen LogP contribution in [0.3, 0.4) is 0 Å². The summed E-state index contributed by atoms with van der Waals surface area (Å²) in [7, 11) is 1.76. The highest BCUT2D eigenvalue weighted by molar-refractivity contribution is 5.84. The van der Waals surface area contributed by atoms with Gasteiger partial charge < -0.3 is 15.5 Å². The fourth-order valence-electron chi connectivity index (χ4n) is 3.20. The molecule has 5 heteroatoms. The second-order valence-corrected chi connectivity index (χ2v) is 6.78. The standard InChI is InChI=1S/C19H29N3O2/c1-15(17-8-10-20-11-9-17)12-18(23)21-13-19(24)22(2)14-16-6-4-3-5-7-16/h3-7,15,17,20H,8-14H2,1-2H3,(H,21,23). The van der Waals surface area contributed by atoms with Crippen molar-refractivity contribution in [1.82, 2.24) is 15.5 Å². The zero-order valence-electron chi connectivity index (χ0n) is 14.8. The molecule has 1 saturated heterocycles. The number of amides is 2. The Bertz CT molecular complexity index is 527. The molecular weight excluding hydrogens is 302 g/mol. The maximum absolute atomic E-state index is 12.1. The Balaban J connectivity index is 1.69. The van der Waals surface area contributed by atoms with E-state index in [2.05, 4.69) is 17.6 Å². The highest BCUT2D eigenvalue weighted by Crippen LogP contribution is 2.24. The molecule has 2 N–H and O–H groups in total. The van der Waals surface area contributed by atoms with Gasteiger partial charge in [-0.05, 0) is 43.3 Å². The molecule has 0 aliphatic carbocycles. The molecule has 0 spiro atoms. The first-order valence-electron chi connectivity index (χ1n) is 8.81. The monoisotopic (exact) mass is 331 g/mol. The van der Waals surface area contributed by atoms with E-state index >= 15 is 0 Å². The molecule has 1 heterocycles. The van der Waals surface area contributed by atoms with Gasteiger partial charge in [0.2, 0.25) is 11.8 Å². The number of piperidine rings is 1. The minimum atomic E-state index is -0.0678. The Morgan fingerprint density at radius 2 is 1.92 bits per heavy atom. The average Bonchev–Trinajstić information content (AvgIpc) is 2.61. The number of benzene rings is 1. The van der Waals surface area contributed by atoms with E-state index in [4.69, 9.17) is 0 Å². The van der Waals surface area contributed by atoms with Crippen molar-refractivity contribution in [1.29, 1.82) is 0 Å². The zero-order chi connectivity index (χ0) is 17.4. The molecule has 5 nitrogen and oxygen atoms in total. The van der Waals surface area contributed by atoms with Gasteiger partial charge in [0.15, 0.2) is 0 Å². The first kappa shape index (κ1) is 18.5. The molecule has 0 aromatic heterocycles. The van der Waals surface area contributed by atoms with E-state index in [1.807, 2.05) is 30.3 Å². The van der Waals surface area contributed by atoms with Crippen molar-refractivity contribution in [3.05, 3.63) is 35.9 Å². The summed E-state index contributed by atoms with van der Waals surface area (Å²) in [5.41, 5.74) is 1.08. The van der Waals surface area contributed by atoms with Crippen molar-refractivity contribution in [2.75, 3.05) is 26.7 Å². The number of carbonyl (C=O) groups is 2. The molecule has 1 aromatic rings. The van der Waals surface area contributed by atoms with Gasteiger partial charge in [-0.3, -0.25) is 9.59 Å². The van der Waals surface area contributed by atoms with Gasteiger partial charge in [0.25, 0.3) is 0 Å². The van der Waals surface area contributed by atoms with Crippen LogP contribution in [0.25, 0.3) is 0 Å². The molecule has 1 atom stereocenters. The molecule has 1 aliphatic rings. The SMILES string of the molecule is CC(CC(=O)NCC(=O)N(C)Cc1ccccc1)C1CCNCC1. The largest absolute Gasteiger partial charge is 0.347 e. The van der Waals surface area contributed by atoms with Crippen molar-refractivity contribution in [2.45, 2.75) is 32.7 Å². The summed E-state index contributed by atoms with van der Waals surface area (Å²) in [4.78, 5) is 25.9. The van der Waals surface area contributed by atoms with Crippen LogP contribution in [-0.4, -0.2) is 43.4 Å². The Kier molecular flexibility index (Phi) is 7.25. The summed E-state index contributed by atoms with van der Waals surface area (Å²) in [5, 5.41) is 6.12. The van der Waals surface area contributed by atoms with Crippen molar-refractivity contribution in [2.24, 2.45) is 11.8 Å². The average molecular weight is 331 g/mol. The minimum absolute atomic E-state index is 0.0255. The van der Waals surface area contributed by atoms with Gasteiger partial charge in [0, 0.05) is 20.0 Å². The quantitative estimate of drug-likeness (QED) is 0.801. The van der Waals surface area contributed by atoms with E-state index in [0.29, 0.717) is 24.8 Å². The molecule has 0 bridgehead atoms. The molecule has 0 saturated carbocycles. The van der Waals surface area contributed by atoms with E-state index in [0.717, 1.165) is 31.5 Å². The van der Waals surface area contributed by atoms with E-state index < -0.39 is 0 Å². The molecule has 1 fully saturated rings. The molecule has 2 rings (SSSR count). The lowest BCUT2D eigenvalue weighted by Gasteiger charge is -2.28. The van der Waals surface area contributed by atoms with Gasteiger partial charge in [0.05, 0.1) is 6.54 Å². The number of rotatable bonds is 7. The predicted molar refractivity (Wildman–Crippen MR) is 95.3 cm³/mol. The lowest BCUT2D eigenvalue weighted by Crippen LogP contribution is -2.39. The highest BCUT2D eigenvalue weighted by atomic mass is 16.2. The van der Waals surface area contributed by atoms with Crippen molar-refractivity contribution >= 4 is 11.8 Å².